The highest BCUT2D eigenvalue weighted by Crippen LogP contribution is 2.36. The SMILES string of the molecule is CCOc1c(Cl)cc(/C=N\OCc2nc3ccccc3o2)cc1OC. The number of rotatable bonds is 7. The number of fused-ring (bicyclic) bond motifs is 1. The van der Waals surface area contributed by atoms with Gasteiger partial charge in [0.15, 0.2) is 23.7 Å². The van der Waals surface area contributed by atoms with Gasteiger partial charge in [0.05, 0.1) is 25.0 Å². The number of aromatic nitrogens is 1. The number of oxime groups is 1. The predicted molar refractivity (Wildman–Crippen MR) is 95.6 cm³/mol. The lowest BCUT2D eigenvalue weighted by Gasteiger charge is -2.11. The number of halogens is 1. The maximum atomic E-state index is 6.21. The summed E-state index contributed by atoms with van der Waals surface area (Å²) in [5, 5.41) is 4.37. The number of para-hydroxylation sites is 2. The summed E-state index contributed by atoms with van der Waals surface area (Å²) in [6, 6.07) is 11.0. The average Bonchev–Trinajstić information content (AvgIpc) is 3.03. The molecule has 1 aromatic heterocycles. The van der Waals surface area contributed by atoms with Gasteiger partial charge in [0.25, 0.3) is 0 Å². The highest BCUT2D eigenvalue weighted by atomic mass is 35.5. The molecule has 2 aromatic carbocycles. The minimum absolute atomic E-state index is 0.132. The fourth-order valence-electron chi connectivity index (χ4n) is 2.27. The molecule has 0 saturated heterocycles. The molecule has 0 atom stereocenters. The number of hydrogen-bond donors (Lipinski definition) is 0. The van der Waals surface area contributed by atoms with Crippen molar-refractivity contribution in [2.45, 2.75) is 13.5 Å². The lowest BCUT2D eigenvalue weighted by molar-refractivity contribution is 0.113. The van der Waals surface area contributed by atoms with E-state index in [1.165, 1.54) is 6.21 Å². The van der Waals surface area contributed by atoms with Gasteiger partial charge in [-0.15, -0.1) is 0 Å². The minimum Gasteiger partial charge on any atom is -0.493 e. The molecular weight excluding hydrogens is 344 g/mol. The van der Waals surface area contributed by atoms with Gasteiger partial charge in [0.1, 0.15) is 5.52 Å². The van der Waals surface area contributed by atoms with Crippen LogP contribution in [0.2, 0.25) is 5.02 Å². The Bertz CT molecular complexity index is 859. The topological polar surface area (TPSA) is 66.1 Å². The molecule has 7 heteroatoms. The van der Waals surface area contributed by atoms with E-state index in [1.54, 1.807) is 19.2 Å². The summed E-state index contributed by atoms with van der Waals surface area (Å²) in [6.07, 6.45) is 1.53. The zero-order valence-electron chi connectivity index (χ0n) is 13.9. The summed E-state index contributed by atoms with van der Waals surface area (Å²) in [7, 11) is 1.55. The molecule has 1 heterocycles. The van der Waals surface area contributed by atoms with Crippen LogP contribution in [0.3, 0.4) is 0 Å². The second-order valence-corrected chi connectivity index (χ2v) is 5.46. The molecule has 6 nitrogen and oxygen atoms in total. The smallest absolute Gasteiger partial charge is 0.236 e. The first-order chi connectivity index (χ1) is 12.2. The Labute approximate surface area is 150 Å². The minimum atomic E-state index is 0.132. The van der Waals surface area contributed by atoms with Gasteiger partial charge in [-0.3, -0.25) is 0 Å². The van der Waals surface area contributed by atoms with Gasteiger partial charge < -0.3 is 18.7 Å². The number of methoxy groups -OCH3 is 1. The Kier molecular flexibility index (Phi) is 5.40. The first-order valence-corrected chi connectivity index (χ1v) is 8.09. The summed E-state index contributed by atoms with van der Waals surface area (Å²) in [4.78, 5) is 9.55. The van der Waals surface area contributed by atoms with Crippen LogP contribution in [0.25, 0.3) is 11.1 Å². The van der Waals surface area contributed by atoms with Crippen LogP contribution in [-0.4, -0.2) is 24.9 Å². The third kappa shape index (κ3) is 4.03. The van der Waals surface area contributed by atoms with Crippen LogP contribution in [0.15, 0.2) is 46.0 Å². The van der Waals surface area contributed by atoms with E-state index >= 15 is 0 Å². The van der Waals surface area contributed by atoms with Gasteiger partial charge in [-0.25, -0.2) is 4.98 Å². The normalized spacial score (nSPS) is 11.2. The van der Waals surface area contributed by atoms with Crippen LogP contribution in [0, 0.1) is 0 Å². The van der Waals surface area contributed by atoms with Gasteiger partial charge in [-0.1, -0.05) is 28.9 Å². The van der Waals surface area contributed by atoms with Crippen molar-refractivity contribution < 1.29 is 18.7 Å². The van der Waals surface area contributed by atoms with Gasteiger partial charge in [-0.2, -0.15) is 0 Å². The zero-order valence-corrected chi connectivity index (χ0v) is 14.6. The number of benzene rings is 2. The van der Waals surface area contributed by atoms with Crippen LogP contribution in [0.4, 0.5) is 0 Å². The predicted octanol–water partition coefficient (Wildman–Crippen LogP) is 4.44. The van der Waals surface area contributed by atoms with E-state index in [0.29, 0.717) is 34.6 Å². The molecule has 0 amide bonds. The molecule has 0 aliphatic rings. The lowest BCUT2D eigenvalue weighted by Crippen LogP contribution is -1.97. The number of ether oxygens (including phenoxy) is 2. The van der Waals surface area contributed by atoms with Crippen molar-refractivity contribution in [1.29, 1.82) is 0 Å². The highest BCUT2D eigenvalue weighted by Gasteiger charge is 2.11. The summed E-state index contributed by atoms with van der Waals surface area (Å²) in [5.41, 5.74) is 2.23. The van der Waals surface area contributed by atoms with E-state index in [-0.39, 0.29) is 6.61 Å². The molecule has 0 N–H and O–H groups in total. The van der Waals surface area contributed by atoms with E-state index in [0.717, 1.165) is 11.1 Å². The Hall–Kier alpha value is -2.73. The first kappa shape index (κ1) is 17.1. The monoisotopic (exact) mass is 360 g/mol. The van der Waals surface area contributed by atoms with Crippen LogP contribution < -0.4 is 9.47 Å². The average molecular weight is 361 g/mol. The Morgan fingerprint density at radius 2 is 2.12 bits per heavy atom. The Morgan fingerprint density at radius 1 is 1.28 bits per heavy atom. The molecule has 3 aromatic rings. The highest BCUT2D eigenvalue weighted by molar-refractivity contribution is 6.32. The number of nitrogens with zero attached hydrogens (tertiary/aromatic N) is 2. The molecule has 0 radical (unpaired) electrons. The van der Waals surface area contributed by atoms with Crippen LogP contribution in [0.1, 0.15) is 18.4 Å². The summed E-state index contributed by atoms with van der Waals surface area (Å²) < 4.78 is 16.3. The fraction of sp³-hybridized carbons (Fsp3) is 0.222. The molecule has 0 spiro atoms. The van der Waals surface area contributed by atoms with Crippen LogP contribution >= 0.6 is 11.6 Å². The van der Waals surface area contributed by atoms with E-state index < -0.39 is 0 Å². The van der Waals surface area contributed by atoms with Crippen molar-refractivity contribution in [3.63, 3.8) is 0 Å². The third-order valence-corrected chi connectivity index (χ3v) is 3.62. The fourth-order valence-corrected chi connectivity index (χ4v) is 2.54. The summed E-state index contributed by atoms with van der Waals surface area (Å²) >= 11 is 6.21. The van der Waals surface area contributed by atoms with Gasteiger partial charge in [0.2, 0.25) is 5.89 Å². The van der Waals surface area contributed by atoms with Gasteiger partial charge in [0, 0.05) is 5.56 Å². The molecule has 0 fully saturated rings. The Balaban J connectivity index is 1.66. The second-order valence-electron chi connectivity index (χ2n) is 5.05. The molecule has 3 rings (SSSR count). The standard InChI is InChI=1S/C18H17ClN2O4/c1-3-23-18-13(19)8-12(9-16(18)22-2)10-20-24-11-17-21-14-6-4-5-7-15(14)25-17/h4-10H,3,11H2,1-2H3/b20-10-. The number of hydrogen-bond acceptors (Lipinski definition) is 6. The lowest BCUT2D eigenvalue weighted by atomic mass is 10.2. The van der Waals surface area contributed by atoms with Gasteiger partial charge in [-0.05, 0) is 31.2 Å². The van der Waals surface area contributed by atoms with Gasteiger partial charge >= 0.3 is 0 Å². The van der Waals surface area contributed by atoms with Crippen molar-refractivity contribution in [2.75, 3.05) is 13.7 Å². The molecule has 25 heavy (non-hydrogen) atoms. The maximum Gasteiger partial charge on any atom is 0.236 e. The molecule has 0 bridgehead atoms. The van der Waals surface area contributed by atoms with Crippen molar-refractivity contribution in [2.24, 2.45) is 5.16 Å². The number of oxazole rings is 1. The molecule has 0 aliphatic carbocycles. The van der Waals surface area contributed by atoms with E-state index in [4.69, 9.17) is 30.3 Å². The van der Waals surface area contributed by atoms with E-state index in [9.17, 15) is 0 Å². The first-order valence-electron chi connectivity index (χ1n) is 7.71. The van der Waals surface area contributed by atoms with Crippen molar-refractivity contribution in [3.8, 4) is 11.5 Å². The summed E-state index contributed by atoms with van der Waals surface area (Å²) in [6.45, 7) is 2.51. The summed E-state index contributed by atoms with van der Waals surface area (Å²) in [5.74, 6) is 1.51. The largest absolute Gasteiger partial charge is 0.493 e. The molecule has 0 aliphatic heterocycles. The zero-order chi connectivity index (χ0) is 17.6. The van der Waals surface area contributed by atoms with Crippen LogP contribution in [0.5, 0.6) is 11.5 Å². The Morgan fingerprint density at radius 3 is 2.88 bits per heavy atom. The van der Waals surface area contributed by atoms with E-state index in [1.807, 2.05) is 31.2 Å². The molecule has 0 saturated carbocycles. The molecule has 130 valence electrons. The van der Waals surface area contributed by atoms with Crippen LogP contribution in [-0.2, 0) is 11.4 Å². The third-order valence-electron chi connectivity index (χ3n) is 3.34. The van der Waals surface area contributed by atoms with E-state index in [2.05, 4.69) is 10.1 Å². The van der Waals surface area contributed by atoms with Crippen molar-refractivity contribution in [3.05, 3.63) is 52.9 Å². The van der Waals surface area contributed by atoms with Crippen molar-refractivity contribution in [1.82, 2.24) is 4.98 Å². The molecular formula is C18H17ClN2O4. The molecule has 0 unspecified atom stereocenters. The second kappa shape index (κ2) is 7.90. The quantitative estimate of drug-likeness (QED) is 0.460. The van der Waals surface area contributed by atoms with Crippen molar-refractivity contribution >= 4 is 28.9 Å². The maximum absolute atomic E-state index is 6.21.